The number of nitro groups is 1. The number of aryl methyl sites for hydroxylation is 2. The molecule has 0 atom stereocenters. The van der Waals surface area contributed by atoms with Crippen molar-refractivity contribution in [1.29, 1.82) is 0 Å². The number of nitrogens with zero attached hydrogens (tertiary/aromatic N) is 2. The van der Waals surface area contributed by atoms with E-state index in [2.05, 4.69) is 21.2 Å². The van der Waals surface area contributed by atoms with Gasteiger partial charge in [0.05, 0.1) is 11.1 Å². The zero-order chi connectivity index (χ0) is 15.6. The van der Waals surface area contributed by atoms with E-state index in [1.54, 1.807) is 16.7 Å². The van der Waals surface area contributed by atoms with E-state index in [1.165, 1.54) is 12.3 Å². The van der Waals surface area contributed by atoms with Crippen LogP contribution in [0.4, 0.5) is 11.4 Å². The van der Waals surface area contributed by atoms with Gasteiger partial charge in [0.25, 0.3) is 11.6 Å². The van der Waals surface area contributed by atoms with Crippen molar-refractivity contribution >= 4 is 33.2 Å². The van der Waals surface area contributed by atoms with Crippen molar-refractivity contribution in [2.24, 2.45) is 0 Å². The predicted octanol–water partition coefficient (Wildman–Crippen LogP) is 3.74. The first-order valence-corrected chi connectivity index (χ1v) is 7.13. The van der Waals surface area contributed by atoms with Crippen LogP contribution in [-0.2, 0) is 6.54 Å². The summed E-state index contributed by atoms with van der Waals surface area (Å²) in [4.78, 5) is 22.5. The maximum Gasteiger partial charge on any atom is 0.287 e. The minimum Gasteiger partial charge on any atom is -0.337 e. The number of amides is 1. The Kier molecular flexibility index (Phi) is 4.42. The molecule has 21 heavy (non-hydrogen) atoms. The van der Waals surface area contributed by atoms with Gasteiger partial charge in [0.1, 0.15) is 5.69 Å². The first-order valence-electron chi connectivity index (χ1n) is 6.34. The summed E-state index contributed by atoms with van der Waals surface area (Å²) in [6.45, 7) is 4.25. The van der Waals surface area contributed by atoms with Crippen molar-refractivity contribution in [3.63, 3.8) is 0 Å². The molecule has 6 nitrogen and oxygen atoms in total. The van der Waals surface area contributed by atoms with Gasteiger partial charge >= 0.3 is 0 Å². The van der Waals surface area contributed by atoms with Gasteiger partial charge in [-0.15, -0.1) is 0 Å². The Morgan fingerprint density at radius 1 is 1.43 bits per heavy atom. The Bertz CT molecular complexity index is 709. The molecule has 0 bridgehead atoms. The fourth-order valence-electron chi connectivity index (χ4n) is 1.91. The molecule has 0 unspecified atom stereocenters. The summed E-state index contributed by atoms with van der Waals surface area (Å²) in [5, 5.41) is 13.5. The Morgan fingerprint density at radius 2 is 2.14 bits per heavy atom. The summed E-state index contributed by atoms with van der Waals surface area (Å²) in [6, 6.07) is 6.73. The second kappa shape index (κ2) is 6.09. The van der Waals surface area contributed by atoms with E-state index in [9.17, 15) is 14.9 Å². The highest BCUT2D eigenvalue weighted by molar-refractivity contribution is 9.10. The Hall–Kier alpha value is -2.15. The maximum atomic E-state index is 12.3. The number of benzene rings is 1. The molecule has 1 heterocycles. The lowest BCUT2D eigenvalue weighted by Crippen LogP contribution is -2.16. The van der Waals surface area contributed by atoms with Gasteiger partial charge in [-0.25, -0.2) is 0 Å². The molecule has 0 saturated heterocycles. The van der Waals surface area contributed by atoms with Crippen molar-refractivity contribution in [2.45, 2.75) is 20.4 Å². The van der Waals surface area contributed by atoms with Gasteiger partial charge in [-0.3, -0.25) is 14.9 Å². The SMILES string of the molecule is CCn1cc([N+](=O)[O-])cc1C(=O)Nc1ccc(C)c(Br)c1. The fraction of sp³-hybridized carbons (Fsp3) is 0.214. The molecule has 1 aromatic carbocycles. The van der Waals surface area contributed by atoms with Gasteiger partial charge in [-0.1, -0.05) is 22.0 Å². The van der Waals surface area contributed by atoms with Crippen molar-refractivity contribution < 1.29 is 9.72 Å². The van der Waals surface area contributed by atoms with Crippen LogP contribution in [0.25, 0.3) is 0 Å². The maximum absolute atomic E-state index is 12.3. The molecule has 0 fully saturated rings. The summed E-state index contributed by atoms with van der Waals surface area (Å²) in [5.74, 6) is -0.374. The molecular weight excluding hydrogens is 338 g/mol. The van der Waals surface area contributed by atoms with E-state index in [0.717, 1.165) is 10.0 Å². The van der Waals surface area contributed by atoms with Crippen LogP contribution in [0.15, 0.2) is 34.9 Å². The summed E-state index contributed by atoms with van der Waals surface area (Å²) in [5.41, 5.74) is 1.86. The number of hydrogen-bond donors (Lipinski definition) is 1. The molecule has 1 amide bonds. The minimum absolute atomic E-state index is 0.0907. The smallest absolute Gasteiger partial charge is 0.287 e. The van der Waals surface area contributed by atoms with Crippen LogP contribution in [0, 0.1) is 17.0 Å². The van der Waals surface area contributed by atoms with E-state index >= 15 is 0 Å². The lowest BCUT2D eigenvalue weighted by molar-refractivity contribution is -0.384. The number of carbonyl (C=O) groups excluding carboxylic acids is 1. The van der Waals surface area contributed by atoms with E-state index in [4.69, 9.17) is 0 Å². The molecule has 0 aliphatic carbocycles. The molecule has 2 aromatic rings. The normalized spacial score (nSPS) is 10.4. The first kappa shape index (κ1) is 15.2. The summed E-state index contributed by atoms with van der Waals surface area (Å²) in [7, 11) is 0. The number of halogens is 1. The standard InChI is InChI=1S/C14H14BrN3O3/c1-3-17-8-11(18(20)21)7-13(17)14(19)16-10-5-4-9(2)12(15)6-10/h4-8H,3H2,1-2H3,(H,16,19). The van der Waals surface area contributed by atoms with Crippen molar-refractivity contribution in [2.75, 3.05) is 5.32 Å². The number of aromatic nitrogens is 1. The number of nitrogens with one attached hydrogen (secondary N) is 1. The van der Waals surface area contributed by atoms with Gasteiger partial charge < -0.3 is 9.88 Å². The quantitative estimate of drug-likeness (QED) is 0.673. The Morgan fingerprint density at radius 3 is 2.71 bits per heavy atom. The second-order valence-electron chi connectivity index (χ2n) is 4.54. The van der Waals surface area contributed by atoms with Crippen molar-refractivity contribution in [1.82, 2.24) is 4.57 Å². The van der Waals surface area contributed by atoms with Crippen LogP contribution in [-0.4, -0.2) is 15.4 Å². The molecule has 1 N–H and O–H groups in total. The highest BCUT2D eigenvalue weighted by Crippen LogP contribution is 2.22. The number of rotatable bonds is 4. The van der Waals surface area contributed by atoms with Crippen molar-refractivity contribution in [3.05, 3.63) is 56.3 Å². The topological polar surface area (TPSA) is 77.2 Å². The predicted molar refractivity (Wildman–Crippen MR) is 83.6 cm³/mol. The Labute approximate surface area is 130 Å². The molecule has 0 saturated carbocycles. The third-order valence-corrected chi connectivity index (χ3v) is 3.95. The molecule has 1 aromatic heterocycles. The van der Waals surface area contributed by atoms with Gasteiger partial charge in [-0.2, -0.15) is 0 Å². The van der Waals surface area contributed by atoms with Crippen LogP contribution in [0.1, 0.15) is 23.0 Å². The van der Waals surface area contributed by atoms with Crippen LogP contribution >= 0.6 is 15.9 Å². The molecular formula is C14H14BrN3O3. The monoisotopic (exact) mass is 351 g/mol. The number of carbonyl (C=O) groups is 1. The van der Waals surface area contributed by atoms with E-state index in [1.807, 2.05) is 19.9 Å². The van der Waals surface area contributed by atoms with Crippen LogP contribution in [0.3, 0.4) is 0 Å². The van der Waals surface area contributed by atoms with E-state index < -0.39 is 4.92 Å². The Balaban J connectivity index is 2.27. The first-order chi connectivity index (χ1) is 9.92. The highest BCUT2D eigenvalue weighted by atomic mass is 79.9. The van der Waals surface area contributed by atoms with Gasteiger partial charge in [0.2, 0.25) is 0 Å². The number of hydrogen-bond acceptors (Lipinski definition) is 3. The average molecular weight is 352 g/mol. The largest absolute Gasteiger partial charge is 0.337 e. The van der Waals surface area contributed by atoms with Crippen LogP contribution in [0.2, 0.25) is 0 Å². The molecule has 0 aliphatic heterocycles. The molecule has 2 rings (SSSR count). The second-order valence-corrected chi connectivity index (χ2v) is 5.40. The van der Waals surface area contributed by atoms with Crippen molar-refractivity contribution in [3.8, 4) is 0 Å². The molecule has 0 aliphatic rings. The molecule has 110 valence electrons. The van der Waals surface area contributed by atoms with Gasteiger partial charge in [0, 0.05) is 22.8 Å². The zero-order valence-electron chi connectivity index (χ0n) is 11.6. The summed E-state index contributed by atoms with van der Waals surface area (Å²) < 4.78 is 2.44. The van der Waals surface area contributed by atoms with E-state index in [-0.39, 0.29) is 17.3 Å². The third kappa shape index (κ3) is 3.30. The average Bonchev–Trinajstić information content (AvgIpc) is 2.87. The van der Waals surface area contributed by atoms with Crippen LogP contribution < -0.4 is 5.32 Å². The molecule has 0 spiro atoms. The number of anilines is 1. The minimum atomic E-state index is -0.509. The highest BCUT2D eigenvalue weighted by Gasteiger charge is 2.18. The summed E-state index contributed by atoms with van der Waals surface area (Å²) in [6.07, 6.45) is 1.36. The van der Waals surface area contributed by atoms with E-state index in [0.29, 0.717) is 12.2 Å². The summed E-state index contributed by atoms with van der Waals surface area (Å²) >= 11 is 3.40. The lowest BCUT2D eigenvalue weighted by Gasteiger charge is -2.08. The third-order valence-electron chi connectivity index (χ3n) is 3.10. The van der Waals surface area contributed by atoms with Gasteiger partial charge in [0.15, 0.2) is 0 Å². The zero-order valence-corrected chi connectivity index (χ0v) is 13.2. The molecule has 7 heteroatoms. The lowest BCUT2D eigenvalue weighted by atomic mass is 10.2. The molecule has 0 radical (unpaired) electrons. The van der Waals surface area contributed by atoms with Crippen LogP contribution in [0.5, 0.6) is 0 Å². The van der Waals surface area contributed by atoms with Gasteiger partial charge in [-0.05, 0) is 31.5 Å². The fourth-order valence-corrected chi connectivity index (χ4v) is 2.29.